The Morgan fingerprint density at radius 2 is 1.98 bits per heavy atom. The highest BCUT2D eigenvalue weighted by atomic mass is 35.5. The van der Waals surface area contributed by atoms with Crippen molar-refractivity contribution in [1.29, 1.82) is 0 Å². The molecule has 7 rings (SSSR count). The molecule has 248 valence electrons. The number of urea groups is 1. The maximum Gasteiger partial charge on any atom is 0.325 e. The zero-order valence-corrected chi connectivity index (χ0v) is 28.1. The van der Waals surface area contributed by atoms with Crippen LogP contribution >= 0.6 is 11.6 Å². The number of benzene rings is 1. The Bertz CT molecular complexity index is 1870. The van der Waals surface area contributed by atoms with Gasteiger partial charge in [-0.2, -0.15) is 0 Å². The van der Waals surface area contributed by atoms with E-state index in [0.717, 1.165) is 47.0 Å². The molecule has 1 atom stereocenters. The van der Waals surface area contributed by atoms with Gasteiger partial charge >= 0.3 is 6.03 Å². The number of phenols is 1. The summed E-state index contributed by atoms with van der Waals surface area (Å²) in [5.74, 6) is 0.422. The monoisotopic (exact) mass is 668 g/mol. The molecule has 2 fully saturated rings. The first-order valence-corrected chi connectivity index (χ1v) is 16.2. The number of carbonyl (C=O) groups is 1. The Morgan fingerprint density at radius 1 is 1.23 bits per heavy atom. The summed E-state index contributed by atoms with van der Waals surface area (Å²) in [6.07, 6.45) is 12.5. The van der Waals surface area contributed by atoms with Crippen molar-refractivity contribution in [2.45, 2.75) is 26.7 Å². The number of pyridine rings is 2. The molecule has 1 aromatic carbocycles. The number of rotatable bonds is 2. The predicted molar refractivity (Wildman–Crippen MR) is 188 cm³/mol. The number of carbonyl (C=O) groups excluding carboxylic acids is 1. The molecular weight excluding hydrogens is 631 g/mol. The smallest absolute Gasteiger partial charge is 0.325 e. The maximum atomic E-state index is 14.9. The van der Waals surface area contributed by atoms with Gasteiger partial charge in [0.05, 0.1) is 28.5 Å². The van der Waals surface area contributed by atoms with Gasteiger partial charge in [-0.1, -0.05) is 37.1 Å². The van der Waals surface area contributed by atoms with E-state index in [4.69, 9.17) is 21.6 Å². The number of nitrogens with zero attached hydrogens (tertiary/aromatic N) is 6. The van der Waals surface area contributed by atoms with Gasteiger partial charge in [-0.15, -0.1) is 0 Å². The Morgan fingerprint density at radius 3 is 2.65 bits per heavy atom. The second-order valence-corrected chi connectivity index (χ2v) is 13.0. The molecule has 4 aliphatic rings. The SMILES string of the molecule is C#CNC.CC1=NCCN1C(=O)N1CC2(C1)CN(/C1=C/c3c(C)ccnc3C(C)/C=C\Nc3nc(-c4c(O)cccc4F)c(Cl)cc31)C2. The second kappa shape index (κ2) is 13.2. The molecule has 10 nitrogen and oxygen atoms in total. The van der Waals surface area contributed by atoms with Gasteiger partial charge in [0, 0.05) is 80.2 Å². The van der Waals surface area contributed by atoms with Crippen molar-refractivity contribution in [2.24, 2.45) is 10.4 Å². The molecule has 12 heteroatoms. The molecule has 2 aromatic heterocycles. The van der Waals surface area contributed by atoms with Gasteiger partial charge in [0.15, 0.2) is 0 Å². The molecule has 0 radical (unpaired) electrons. The van der Waals surface area contributed by atoms with Crippen molar-refractivity contribution < 1.29 is 14.3 Å². The fourth-order valence-corrected chi connectivity index (χ4v) is 6.94. The van der Waals surface area contributed by atoms with Gasteiger partial charge in [0.2, 0.25) is 0 Å². The van der Waals surface area contributed by atoms with Crippen LogP contribution in [0.15, 0.2) is 53.8 Å². The lowest BCUT2D eigenvalue weighted by molar-refractivity contribution is -0.0707. The van der Waals surface area contributed by atoms with E-state index in [1.54, 1.807) is 18.0 Å². The van der Waals surface area contributed by atoms with Gasteiger partial charge < -0.3 is 25.5 Å². The first-order chi connectivity index (χ1) is 23.1. The number of halogens is 2. The molecule has 3 aromatic rings. The van der Waals surface area contributed by atoms with Crippen LogP contribution in [0.1, 0.15) is 42.1 Å². The van der Waals surface area contributed by atoms with Crippen molar-refractivity contribution in [3.8, 4) is 29.5 Å². The van der Waals surface area contributed by atoms with Crippen LogP contribution in [0.4, 0.5) is 15.0 Å². The number of aromatic nitrogens is 2. The Hall–Kier alpha value is -5.08. The number of anilines is 1. The number of amidine groups is 1. The number of aromatic hydroxyl groups is 1. The number of phenolic OH excluding ortho intramolecular Hbond substituents is 1. The second-order valence-electron chi connectivity index (χ2n) is 12.6. The largest absolute Gasteiger partial charge is 0.507 e. The van der Waals surface area contributed by atoms with E-state index in [1.165, 1.54) is 18.2 Å². The summed E-state index contributed by atoms with van der Waals surface area (Å²) in [5, 5.41) is 16.5. The minimum atomic E-state index is -0.612. The molecule has 1 spiro atoms. The number of terminal acetylenes is 1. The number of allylic oxidation sites excluding steroid dienone is 1. The fraction of sp³-hybridized carbons (Fsp3) is 0.333. The zero-order valence-electron chi connectivity index (χ0n) is 27.4. The van der Waals surface area contributed by atoms with Crippen molar-refractivity contribution in [1.82, 2.24) is 30.0 Å². The lowest BCUT2D eigenvalue weighted by Crippen LogP contribution is -2.73. The minimum absolute atomic E-state index is 0.000307. The zero-order chi connectivity index (χ0) is 34.2. The predicted octanol–water partition coefficient (Wildman–Crippen LogP) is 5.76. The molecule has 3 N–H and O–H groups in total. The average Bonchev–Trinajstić information content (AvgIpc) is 3.46. The molecule has 0 aliphatic carbocycles. The molecule has 0 saturated carbocycles. The van der Waals surface area contributed by atoms with Crippen LogP contribution in [-0.2, 0) is 0 Å². The van der Waals surface area contributed by atoms with Crippen molar-refractivity contribution in [2.75, 3.05) is 51.6 Å². The fourth-order valence-electron chi connectivity index (χ4n) is 6.69. The van der Waals surface area contributed by atoms with E-state index < -0.39 is 5.82 Å². The summed E-state index contributed by atoms with van der Waals surface area (Å²) < 4.78 is 14.9. The number of amides is 2. The third-order valence-electron chi connectivity index (χ3n) is 9.18. The number of hydrogen-bond acceptors (Lipinski definition) is 8. The quantitative estimate of drug-likeness (QED) is 0.235. The highest BCUT2D eigenvalue weighted by molar-refractivity contribution is 6.33. The normalized spacial score (nSPS) is 20.6. The Labute approximate surface area is 285 Å². The first-order valence-electron chi connectivity index (χ1n) is 15.8. The van der Waals surface area contributed by atoms with Crippen LogP contribution in [0, 0.1) is 30.6 Å². The van der Waals surface area contributed by atoms with Gasteiger partial charge in [-0.25, -0.2) is 14.2 Å². The van der Waals surface area contributed by atoms with Crippen LogP contribution in [-0.4, -0.2) is 88.0 Å². The van der Waals surface area contributed by atoms with Gasteiger partial charge in [0.25, 0.3) is 0 Å². The lowest BCUT2D eigenvalue weighted by Gasteiger charge is -2.61. The van der Waals surface area contributed by atoms with Crippen LogP contribution < -0.4 is 10.6 Å². The van der Waals surface area contributed by atoms with Crippen molar-refractivity contribution >= 4 is 41.1 Å². The summed E-state index contributed by atoms with van der Waals surface area (Å²) in [4.78, 5) is 32.9. The van der Waals surface area contributed by atoms with E-state index in [9.17, 15) is 14.3 Å². The molecule has 0 bridgehead atoms. The highest BCUT2D eigenvalue weighted by Gasteiger charge is 2.54. The lowest BCUT2D eigenvalue weighted by atomic mass is 9.72. The summed E-state index contributed by atoms with van der Waals surface area (Å²) in [7, 11) is 1.69. The summed E-state index contributed by atoms with van der Waals surface area (Å²) in [6.45, 7) is 10.2. The Kier molecular flexibility index (Phi) is 9.03. The van der Waals surface area contributed by atoms with E-state index >= 15 is 0 Å². The highest BCUT2D eigenvalue weighted by Crippen LogP contribution is 2.47. The molecule has 2 amide bonds. The summed E-state index contributed by atoms with van der Waals surface area (Å²) in [5.41, 5.74) is 4.82. The number of aliphatic imine (C=N–C) groups is 1. The van der Waals surface area contributed by atoms with Gasteiger partial charge in [-0.05, 0) is 56.0 Å². The van der Waals surface area contributed by atoms with Gasteiger partial charge in [0.1, 0.15) is 23.2 Å². The molecular formula is C36H38ClFN8O2. The summed E-state index contributed by atoms with van der Waals surface area (Å²) in [6, 6.07) is 10.1. The summed E-state index contributed by atoms with van der Waals surface area (Å²) >= 11 is 6.81. The number of nitrogens with one attached hydrogen (secondary N) is 2. The van der Waals surface area contributed by atoms with E-state index in [-0.39, 0.29) is 39.4 Å². The average molecular weight is 669 g/mol. The van der Waals surface area contributed by atoms with Crippen molar-refractivity contribution in [3.63, 3.8) is 0 Å². The van der Waals surface area contributed by atoms with Crippen molar-refractivity contribution in [3.05, 3.63) is 82.0 Å². The van der Waals surface area contributed by atoms with Crippen LogP contribution in [0.2, 0.25) is 5.02 Å². The van der Waals surface area contributed by atoms with E-state index in [1.807, 2.05) is 36.4 Å². The Balaban J connectivity index is 0.000000952. The molecule has 48 heavy (non-hydrogen) atoms. The number of fused-ring (bicyclic) bond motifs is 2. The number of hydrogen-bond donors (Lipinski definition) is 3. The van der Waals surface area contributed by atoms with Crippen LogP contribution in [0.5, 0.6) is 5.75 Å². The van der Waals surface area contributed by atoms with E-state index in [2.05, 4.69) is 52.9 Å². The van der Waals surface area contributed by atoms with Crippen LogP contribution in [0.3, 0.4) is 0 Å². The maximum absolute atomic E-state index is 14.9. The third kappa shape index (κ3) is 6.04. The van der Waals surface area contributed by atoms with Gasteiger partial charge in [-0.3, -0.25) is 14.9 Å². The first kappa shape index (κ1) is 32.8. The molecule has 4 aliphatic heterocycles. The molecule has 6 heterocycles. The van der Waals surface area contributed by atoms with Crippen LogP contribution in [0.25, 0.3) is 23.0 Å². The minimum Gasteiger partial charge on any atom is -0.507 e. The third-order valence-corrected chi connectivity index (χ3v) is 9.47. The molecule has 1 unspecified atom stereocenters. The number of aryl methyl sites for hydroxylation is 1. The number of likely N-dealkylation sites (tertiary alicyclic amines) is 2. The standard InChI is InChI=1S/C33H33ClFN7O2.C3H5N/c1-19-7-9-37-29-20(2)8-10-38-31-23(13-24(34)30(39-31)28-25(35)5-4-6-27(28)43)26(14-22(19)29)40-15-33(16-40)17-41(18-33)32(44)42-12-11-36-21(42)3;1-3-4-2/h4-10,13-14,20,43H,11-12,15-18H2,1-3H3,(H,38,39);1,4H,2H3/b10-8-,26-14+;. The molecule has 2 saturated heterocycles. The topological polar surface area (TPSA) is 109 Å². The van der Waals surface area contributed by atoms with E-state index in [0.29, 0.717) is 32.0 Å².